The summed E-state index contributed by atoms with van der Waals surface area (Å²) in [4.78, 5) is 2.42. The number of hydrogen-bond acceptors (Lipinski definition) is 4. The molecule has 1 N–H and O–H groups in total. The first-order valence-corrected chi connectivity index (χ1v) is 7.92. The highest BCUT2D eigenvalue weighted by Gasteiger charge is 2.28. The van der Waals surface area contributed by atoms with Crippen molar-refractivity contribution in [2.75, 3.05) is 39.9 Å². The Morgan fingerprint density at radius 1 is 1.14 bits per heavy atom. The maximum atomic E-state index is 5.63. The van der Waals surface area contributed by atoms with Crippen molar-refractivity contribution in [2.45, 2.75) is 26.3 Å². The summed E-state index contributed by atoms with van der Waals surface area (Å²) in [5.74, 6) is 1.75. The Hall–Kier alpha value is -1.26. The van der Waals surface area contributed by atoms with Gasteiger partial charge in [-0.05, 0) is 56.1 Å². The first kappa shape index (κ1) is 14.7. The predicted octanol–water partition coefficient (Wildman–Crippen LogP) is 2.28. The molecule has 0 radical (unpaired) electrons. The second-order valence-electron chi connectivity index (χ2n) is 6.70. The van der Waals surface area contributed by atoms with E-state index >= 15 is 0 Å². The van der Waals surface area contributed by atoms with Crippen molar-refractivity contribution in [1.29, 1.82) is 0 Å². The van der Waals surface area contributed by atoms with E-state index < -0.39 is 0 Å². The zero-order chi connectivity index (χ0) is 14.7. The summed E-state index contributed by atoms with van der Waals surface area (Å²) in [6.07, 6.45) is 2.55. The van der Waals surface area contributed by atoms with E-state index in [1.54, 1.807) is 0 Å². The van der Waals surface area contributed by atoms with Gasteiger partial charge in [0.1, 0.15) is 13.2 Å². The molecular formula is C17H26N2O2. The van der Waals surface area contributed by atoms with Crippen molar-refractivity contribution in [1.82, 2.24) is 10.2 Å². The Bertz CT molecular complexity index is 482. The Kier molecular flexibility index (Phi) is 4.36. The number of piperidine rings is 1. The van der Waals surface area contributed by atoms with E-state index in [9.17, 15) is 0 Å². The summed E-state index contributed by atoms with van der Waals surface area (Å²) in [7, 11) is 2.21. The third-order valence-electron chi connectivity index (χ3n) is 4.68. The zero-order valence-corrected chi connectivity index (χ0v) is 13.2. The van der Waals surface area contributed by atoms with Gasteiger partial charge in [-0.3, -0.25) is 0 Å². The molecule has 0 aromatic heterocycles. The average Bonchev–Trinajstić information content (AvgIpc) is 2.50. The smallest absolute Gasteiger partial charge is 0.161 e. The molecule has 2 aliphatic rings. The van der Waals surface area contributed by atoms with Gasteiger partial charge in [0.2, 0.25) is 0 Å². The van der Waals surface area contributed by atoms with Crippen LogP contribution in [0.15, 0.2) is 18.2 Å². The van der Waals surface area contributed by atoms with Crippen LogP contribution in [0.3, 0.4) is 0 Å². The molecule has 4 heteroatoms. The lowest BCUT2D eigenvalue weighted by atomic mass is 9.80. The molecule has 1 saturated heterocycles. The van der Waals surface area contributed by atoms with Crippen molar-refractivity contribution >= 4 is 0 Å². The van der Waals surface area contributed by atoms with Crippen molar-refractivity contribution in [2.24, 2.45) is 5.41 Å². The van der Waals surface area contributed by atoms with Gasteiger partial charge in [-0.25, -0.2) is 0 Å². The molecule has 0 unspecified atom stereocenters. The van der Waals surface area contributed by atoms with Gasteiger partial charge < -0.3 is 19.7 Å². The van der Waals surface area contributed by atoms with E-state index in [1.165, 1.54) is 31.5 Å². The van der Waals surface area contributed by atoms with Gasteiger partial charge in [0.05, 0.1) is 0 Å². The molecule has 21 heavy (non-hydrogen) atoms. The monoisotopic (exact) mass is 290 g/mol. The summed E-state index contributed by atoms with van der Waals surface area (Å²) in [6.45, 7) is 8.09. The lowest BCUT2D eigenvalue weighted by Gasteiger charge is -2.38. The largest absolute Gasteiger partial charge is 0.486 e. The molecule has 0 aliphatic carbocycles. The lowest BCUT2D eigenvalue weighted by Crippen LogP contribution is -2.41. The Morgan fingerprint density at radius 2 is 1.86 bits per heavy atom. The minimum absolute atomic E-state index is 0.431. The fraction of sp³-hybridized carbons (Fsp3) is 0.647. The molecule has 1 aromatic carbocycles. The summed E-state index contributed by atoms with van der Waals surface area (Å²) < 4.78 is 11.2. The number of ether oxygens (including phenoxy) is 2. The van der Waals surface area contributed by atoms with Crippen LogP contribution in [0.4, 0.5) is 0 Å². The molecule has 0 atom stereocenters. The molecule has 1 aromatic rings. The van der Waals surface area contributed by atoms with Gasteiger partial charge >= 0.3 is 0 Å². The van der Waals surface area contributed by atoms with Crippen LogP contribution in [0.5, 0.6) is 11.5 Å². The highest BCUT2D eigenvalue weighted by Crippen LogP contribution is 2.31. The highest BCUT2D eigenvalue weighted by molar-refractivity contribution is 5.43. The van der Waals surface area contributed by atoms with Gasteiger partial charge in [0.25, 0.3) is 0 Å². The van der Waals surface area contributed by atoms with Crippen molar-refractivity contribution in [3.63, 3.8) is 0 Å². The van der Waals surface area contributed by atoms with Crippen LogP contribution >= 0.6 is 0 Å². The average molecular weight is 290 g/mol. The molecule has 0 amide bonds. The van der Waals surface area contributed by atoms with Crippen LogP contribution in [0.1, 0.15) is 25.3 Å². The van der Waals surface area contributed by atoms with Gasteiger partial charge in [-0.1, -0.05) is 13.0 Å². The number of hydrogen-bond donors (Lipinski definition) is 1. The molecule has 3 rings (SSSR count). The number of rotatable bonds is 4. The number of nitrogens with zero attached hydrogens (tertiary/aromatic N) is 1. The van der Waals surface area contributed by atoms with E-state index in [0.717, 1.165) is 24.6 Å². The number of likely N-dealkylation sites (tertiary alicyclic amines) is 1. The van der Waals surface area contributed by atoms with Crippen LogP contribution in [0.25, 0.3) is 0 Å². The predicted molar refractivity (Wildman–Crippen MR) is 84.0 cm³/mol. The van der Waals surface area contributed by atoms with Crippen LogP contribution in [0, 0.1) is 5.41 Å². The summed E-state index contributed by atoms with van der Waals surface area (Å²) >= 11 is 0. The van der Waals surface area contributed by atoms with Crippen LogP contribution in [0.2, 0.25) is 0 Å². The third-order valence-corrected chi connectivity index (χ3v) is 4.68. The van der Waals surface area contributed by atoms with Gasteiger partial charge in [-0.15, -0.1) is 0 Å². The molecule has 0 bridgehead atoms. The second-order valence-corrected chi connectivity index (χ2v) is 6.70. The zero-order valence-electron chi connectivity index (χ0n) is 13.2. The quantitative estimate of drug-likeness (QED) is 0.922. The molecule has 0 saturated carbocycles. The van der Waals surface area contributed by atoms with Crippen molar-refractivity contribution in [3.8, 4) is 11.5 Å². The number of fused-ring (bicyclic) bond motifs is 1. The molecule has 116 valence electrons. The van der Waals surface area contributed by atoms with Crippen LogP contribution < -0.4 is 14.8 Å². The van der Waals surface area contributed by atoms with Crippen LogP contribution in [-0.4, -0.2) is 44.8 Å². The lowest BCUT2D eigenvalue weighted by molar-refractivity contribution is 0.136. The topological polar surface area (TPSA) is 33.7 Å². The van der Waals surface area contributed by atoms with Crippen molar-refractivity contribution < 1.29 is 9.47 Å². The Morgan fingerprint density at radius 3 is 2.62 bits per heavy atom. The molecule has 2 heterocycles. The van der Waals surface area contributed by atoms with Crippen LogP contribution in [-0.2, 0) is 6.54 Å². The summed E-state index contributed by atoms with van der Waals surface area (Å²) in [6, 6.07) is 6.23. The van der Waals surface area contributed by atoms with Crippen molar-refractivity contribution in [3.05, 3.63) is 23.8 Å². The maximum Gasteiger partial charge on any atom is 0.161 e. The minimum Gasteiger partial charge on any atom is -0.486 e. The molecule has 2 aliphatic heterocycles. The number of benzene rings is 1. The van der Waals surface area contributed by atoms with E-state index in [2.05, 4.69) is 36.3 Å². The first-order chi connectivity index (χ1) is 10.1. The normalized spacial score (nSPS) is 21.2. The van der Waals surface area contributed by atoms with E-state index in [0.29, 0.717) is 18.6 Å². The molecular weight excluding hydrogens is 264 g/mol. The molecule has 0 spiro atoms. The molecule has 1 fully saturated rings. The second kappa shape index (κ2) is 6.24. The SMILES string of the molecule is CN1CCC(C)(CNCc2ccc3c(c2)OCCO3)CC1. The summed E-state index contributed by atoms with van der Waals surface area (Å²) in [5, 5.41) is 3.62. The maximum absolute atomic E-state index is 5.63. The fourth-order valence-electron chi connectivity index (χ4n) is 3.04. The Labute approximate surface area is 127 Å². The van der Waals surface area contributed by atoms with Gasteiger partial charge in [-0.2, -0.15) is 0 Å². The van der Waals surface area contributed by atoms with Gasteiger partial charge in [0, 0.05) is 13.1 Å². The number of nitrogens with one attached hydrogen (secondary N) is 1. The van der Waals surface area contributed by atoms with Gasteiger partial charge in [0.15, 0.2) is 11.5 Å². The summed E-state index contributed by atoms with van der Waals surface area (Å²) in [5.41, 5.74) is 1.69. The van der Waals surface area contributed by atoms with E-state index in [1.807, 2.05) is 6.07 Å². The standard InChI is InChI=1S/C17H26N2O2/c1-17(5-7-19(2)8-6-17)13-18-12-14-3-4-15-16(11-14)21-10-9-20-15/h3-4,11,18H,5-10,12-13H2,1-2H3. The fourth-order valence-corrected chi connectivity index (χ4v) is 3.04. The molecule has 4 nitrogen and oxygen atoms in total. The third kappa shape index (κ3) is 3.69. The van der Waals surface area contributed by atoms with E-state index in [-0.39, 0.29) is 0 Å². The van der Waals surface area contributed by atoms with E-state index in [4.69, 9.17) is 9.47 Å². The highest BCUT2D eigenvalue weighted by atomic mass is 16.6. The minimum atomic E-state index is 0.431. The first-order valence-electron chi connectivity index (χ1n) is 7.92. The Balaban J connectivity index is 1.51.